The van der Waals surface area contributed by atoms with Gasteiger partial charge in [-0.05, 0) is 30.3 Å². The molecule has 0 fully saturated rings. The minimum Gasteiger partial charge on any atom is -0.463 e. The molecule has 3 aromatic rings. The summed E-state index contributed by atoms with van der Waals surface area (Å²) >= 11 is 5.86. The molecule has 0 atom stereocenters. The number of nitrogens with one attached hydrogen (secondary N) is 1. The SMILES string of the molecule is O=C(/C=C/c1coc2ccccc2c1=O)Nc1cccnc1Cl. The highest BCUT2D eigenvalue weighted by Gasteiger charge is 2.06. The fraction of sp³-hybridized carbons (Fsp3) is 0. The highest BCUT2D eigenvalue weighted by Crippen LogP contribution is 2.17. The van der Waals surface area contributed by atoms with E-state index in [1.165, 1.54) is 24.6 Å². The monoisotopic (exact) mass is 326 g/mol. The predicted molar refractivity (Wildman–Crippen MR) is 89.4 cm³/mol. The van der Waals surface area contributed by atoms with Crippen molar-refractivity contribution in [3.63, 3.8) is 0 Å². The normalized spacial score (nSPS) is 11.0. The summed E-state index contributed by atoms with van der Waals surface area (Å²) in [6, 6.07) is 10.2. The molecule has 0 unspecified atom stereocenters. The second-order valence-electron chi connectivity index (χ2n) is 4.68. The summed E-state index contributed by atoms with van der Waals surface area (Å²) in [4.78, 5) is 28.0. The van der Waals surface area contributed by atoms with Gasteiger partial charge in [0.05, 0.1) is 16.6 Å². The predicted octanol–water partition coefficient (Wildman–Crippen LogP) is 3.49. The molecule has 1 aromatic carbocycles. The van der Waals surface area contributed by atoms with Crippen molar-refractivity contribution in [3.8, 4) is 0 Å². The van der Waals surface area contributed by atoms with Gasteiger partial charge in [0.1, 0.15) is 11.8 Å². The number of para-hydroxylation sites is 1. The fourth-order valence-electron chi connectivity index (χ4n) is 2.03. The number of pyridine rings is 1. The number of nitrogens with zero attached hydrogens (tertiary/aromatic N) is 1. The third-order valence-electron chi connectivity index (χ3n) is 3.14. The summed E-state index contributed by atoms with van der Waals surface area (Å²) < 4.78 is 5.38. The Hall–Kier alpha value is -2.92. The first-order chi connectivity index (χ1) is 11.1. The van der Waals surface area contributed by atoms with E-state index in [0.29, 0.717) is 16.7 Å². The Labute approximate surface area is 136 Å². The van der Waals surface area contributed by atoms with Crippen LogP contribution in [0.4, 0.5) is 5.69 Å². The molecule has 0 bridgehead atoms. The van der Waals surface area contributed by atoms with Crippen LogP contribution in [0.2, 0.25) is 5.15 Å². The van der Waals surface area contributed by atoms with Crippen molar-refractivity contribution in [1.29, 1.82) is 0 Å². The molecule has 1 N–H and O–H groups in total. The van der Waals surface area contributed by atoms with Gasteiger partial charge in [0, 0.05) is 12.3 Å². The summed E-state index contributed by atoms with van der Waals surface area (Å²) in [6.07, 6.45) is 5.49. The third-order valence-corrected chi connectivity index (χ3v) is 3.44. The number of hydrogen-bond donors (Lipinski definition) is 1. The zero-order chi connectivity index (χ0) is 16.2. The topological polar surface area (TPSA) is 72.2 Å². The quantitative estimate of drug-likeness (QED) is 0.590. The smallest absolute Gasteiger partial charge is 0.248 e. The first-order valence-corrected chi connectivity index (χ1v) is 7.13. The Bertz CT molecular complexity index is 963. The van der Waals surface area contributed by atoms with Crippen molar-refractivity contribution in [2.24, 2.45) is 0 Å². The number of carbonyl (C=O) groups excluding carboxylic acids is 1. The fourth-order valence-corrected chi connectivity index (χ4v) is 2.19. The number of amides is 1. The zero-order valence-electron chi connectivity index (χ0n) is 11.8. The van der Waals surface area contributed by atoms with Crippen LogP contribution in [-0.4, -0.2) is 10.9 Å². The molecule has 0 aliphatic carbocycles. The lowest BCUT2D eigenvalue weighted by Gasteiger charge is -2.02. The zero-order valence-corrected chi connectivity index (χ0v) is 12.6. The summed E-state index contributed by atoms with van der Waals surface area (Å²) in [6.45, 7) is 0. The Morgan fingerprint density at radius 3 is 2.87 bits per heavy atom. The van der Waals surface area contributed by atoms with Crippen molar-refractivity contribution >= 4 is 40.2 Å². The average molecular weight is 327 g/mol. The summed E-state index contributed by atoms with van der Waals surface area (Å²) in [5.41, 5.74) is 0.988. The third kappa shape index (κ3) is 3.30. The lowest BCUT2D eigenvalue weighted by atomic mass is 10.1. The van der Waals surface area contributed by atoms with E-state index in [2.05, 4.69) is 10.3 Å². The molecule has 0 spiro atoms. The minimum atomic E-state index is -0.424. The Kier molecular flexibility index (Phi) is 4.21. The van der Waals surface area contributed by atoms with Crippen LogP contribution < -0.4 is 10.7 Å². The molecule has 114 valence electrons. The largest absolute Gasteiger partial charge is 0.463 e. The lowest BCUT2D eigenvalue weighted by molar-refractivity contribution is -0.111. The number of aromatic nitrogens is 1. The van der Waals surface area contributed by atoms with Gasteiger partial charge in [-0.15, -0.1) is 0 Å². The van der Waals surface area contributed by atoms with E-state index in [1.54, 1.807) is 36.4 Å². The Balaban J connectivity index is 1.83. The maximum Gasteiger partial charge on any atom is 0.248 e. The maximum absolute atomic E-state index is 12.3. The second kappa shape index (κ2) is 6.46. The van der Waals surface area contributed by atoms with E-state index in [1.807, 2.05) is 0 Å². The van der Waals surface area contributed by atoms with Gasteiger partial charge in [-0.25, -0.2) is 4.98 Å². The summed E-state index contributed by atoms with van der Waals surface area (Å²) in [5, 5.41) is 3.24. The van der Waals surface area contributed by atoms with Gasteiger partial charge in [-0.1, -0.05) is 23.7 Å². The molecule has 3 rings (SSSR count). The highest BCUT2D eigenvalue weighted by molar-refractivity contribution is 6.32. The van der Waals surface area contributed by atoms with E-state index in [4.69, 9.17) is 16.0 Å². The van der Waals surface area contributed by atoms with Crippen LogP contribution in [0.5, 0.6) is 0 Å². The van der Waals surface area contributed by atoms with Gasteiger partial charge in [-0.2, -0.15) is 0 Å². The van der Waals surface area contributed by atoms with Gasteiger partial charge >= 0.3 is 0 Å². The van der Waals surface area contributed by atoms with Crippen LogP contribution in [0.15, 0.2) is 64.1 Å². The van der Waals surface area contributed by atoms with Gasteiger partial charge in [0.25, 0.3) is 0 Å². The van der Waals surface area contributed by atoms with Gasteiger partial charge in [0.2, 0.25) is 5.91 Å². The summed E-state index contributed by atoms with van der Waals surface area (Å²) in [7, 11) is 0. The van der Waals surface area contributed by atoms with Crippen LogP contribution in [0, 0.1) is 0 Å². The van der Waals surface area contributed by atoms with Crippen LogP contribution in [-0.2, 0) is 4.79 Å². The molecule has 5 nitrogen and oxygen atoms in total. The highest BCUT2D eigenvalue weighted by atomic mass is 35.5. The minimum absolute atomic E-state index is 0.194. The number of anilines is 1. The Morgan fingerprint density at radius 2 is 2.04 bits per heavy atom. The number of halogens is 1. The molecule has 6 heteroatoms. The molecule has 2 aromatic heterocycles. The molecular formula is C17H11ClN2O3. The van der Waals surface area contributed by atoms with Gasteiger partial charge in [-0.3, -0.25) is 9.59 Å². The van der Waals surface area contributed by atoms with E-state index >= 15 is 0 Å². The molecule has 23 heavy (non-hydrogen) atoms. The average Bonchev–Trinajstić information content (AvgIpc) is 2.57. The molecule has 0 aliphatic heterocycles. The standard InChI is InChI=1S/C17H11ClN2O3/c18-17-13(5-3-9-19-17)20-15(21)8-7-11-10-23-14-6-2-1-4-12(14)16(11)22/h1-10H,(H,20,21)/b8-7+. The van der Waals surface area contributed by atoms with E-state index in [0.717, 1.165) is 0 Å². The van der Waals surface area contributed by atoms with Crippen LogP contribution in [0.3, 0.4) is 0 Å². The van der Waals surface area contributed by atoms with Crippen molar-refractivity contribution in [1.82, 2.24) is 4.98 Å². The van der Waals surface area contributed by atoms with Crippen molar-refractivity contribution in [3.05, 3.63) is 75.9 Å². The van der Waals surface area contributed by atoms with E-state index in [9.17, 15) is 9.59 Å². The lowest BCUT2D eigenvalue weighted by Crippen LogP contribution is -2.09. The Morgan fingerprint density at radius 1 is 1.22 bits per heavy atom. The number of fused-ring (bicyclic) bond motifs is 1. The molecule has 1 amide bonds. The number of rotatable bonds is 3. The van der Waals surface area contributed by atoms with Crippen molar-refractivity contribution in [2.45, 2.75) is 0 Å². The van der Waals surface area contributed by atoms with Gasteiger partial charge < -0.3 is 9.73 Å². The number of hydrogen-bond acceptors (Lipinski definition) is 4. The van der Waals surface area contributed by atoms with Crippen LogP contribution in [0.1, 0.15) is 5.56 Å². The number of benzene rings is 1. The van der Waals surface area contributed by atoms with Crippen LogP contribution in [0.25, 0.3) is 17.0 Å². The van der Waals surface area contributed by atoms with Crippen molar-refractivity contribution < 1.29 is 9.21 Å². The van der Waals surface area contributed by atoms with Crippen LogP contribution >= 0.6 is 11.6 Å². The molecule has 0 radical (unpaired) electrons. The molecule has 2 heterocycles. The molecule has 0 aliphatic rings. The second-order valence-corrected chi connectivity index (χ2v) is 5.04. The number of carbonyl (C=O) groups is 1. The molecule has 0 saturated carbocycles. The first kappa shape index (κ1) is 15.0. The molecule has 0 saturated heterocycles. The summed E-state index contributed by atoms with van der Waals surface area (Å²) in [5.74, 6) is -0.424. The van der Waals surface area contributed by atoms with Gasteiger partial charge in [0.15, 0.2) is 10.6 Å². The first-order valence-electron chi connectivity index (χ1n) is 6.75. The van der Waals surface area contributed by atoms with Crippen molar-refractivity contribution in [2.75, 3.05) is 5.32 Å². The van der Waals surface area contributed by atoms with E-state index < -0.39 is 5.91 Å². The van der Waals surface area contributed by atoms with E-state index in [-0.39, 0.29) is 16.1 Å². The maximum atomic E-state index is 12.3. The molecular weight excluding hydrogens is 316 g/mol.